The Morgan fingerprint density at radius 3 is 1.33 bits per heavy atom. The molecule has 0 spiro atoms. The van der Waals surface area contributed by atoms with Crippen LogP contribution in [-0.2, 0) is 38.9 Å². The summed E-state index contributed by atoms with van der Waals surface area (Å²) in [7, 11) is 0. The Hall–Kier alpha value is -0.271. The molecule has 0 saturated heterocycles. The molecule has 4 heteroatoms. The van der Waals surface area contributed by atoms with E-state index in [1.807, 2.05) is 24.3 Å². The van der Waals surface area contributed by atoms with Gasteiger partial charge in [-0.1, -0.05) is 0 Å². The number of carboxylic acids is 1. The normalized spacial score (nSPS) is 6.08. The fraction of sp³-hybridized carbons (Fsp3) is 0.125. The molecule has 0 bridgehead atoms. The zero-order valence-corrected chi connectivity index (χ0v) is 8.15. The van der Waals surface area contributed by atoms with Crippen LogP contribution < -0.4 is 0 Å². The third-order valence-electron chi connectivity index (χ3n) is 0.552. The molecule has 1 N–H and O–H groups in total. The summed E-state index contributed by atoms with van der Waals surface area (Å²) in [6.07, 6.45) is 0. The minimum Gasteiger partial charge on any atom is -0.481 e. The Morgan fingerprint density at radius 2 is 1.25 bits per heavy atom. The molecule has 0 fully saturated rings. The third kappa shape index (κ3) is 22.6. The maximum atomic E-state index is 9.00. The van der Waals surface area contributed by atoms with Crippen LogP contribution in [0.5, 0.6) is 0 Å². The van der Waals surface area contributed by atoms with E-state index < -0.39 is 5.97 Å². The smallest absolute Gasteiger partial charge is 0.481 e. The van der Waals surface area contributed by atoms with E-state index in [0.717, 1.165) is 6.92 Å². The van der Waals surface area contributed by atoms with Crippen LogP contribution in [0.3, 0.4) is 0 Å². The van der Waals surface area contributed by atoms with Crippen LogP contribution >= 0.6 is 0 Å². The second-order valence-electron chi connectivity index (χ2n) is 1.52. The summed E-state index contributed by atoms with van der Waals surface area (Å²) in [5, 5.41) is 7.42. The number of carboxylic acid groups (broad SMARTS) is 1. The van der Waals surface area contributed by atoms with Crippen molar-refractivity contribution in [1.82, 2.24) is 0 Å². The van der Waals surface area contributed by atoms with Crippen LogP contribution in [0.25, 0.3) is 0 Å². The van der Waals surface area contributed by atoms with Crippen molar-refractivity contribution in [2.24, 2.45) is 0 Å². The van der Waals surface area contributed by atoms with Gasteiger partial charge in [0, 0.05) is 6.92 Å². The molecular weight excluding hydrogens is 255 g/mol. The Balaban J connectivity index is -0.000000124. The summed E-state index contributed by atoms with van der Waals surface area (Å²) in [5.74, 6) is -0.833. The van der Waals surface area contributed by atoms with Crippen LogP contribution in [0.1, 0.15) is 6.92 Å². The second-order valence-corrected chi connectivity index (χ2v) is 1.52. The van der Waals surface area contributed by atoms with Crippen molar-refractivity contribution in [3.63, 3.8) is 0 Å². The fourth-order valence-electron chi connectivity index (χ4n) is 0.304. The molecule has 1 rings (SSSR count). The average Bonchev–Trinajstić information content (AvgIpc) is 1.90. The minimum atomic E-state index is -0.833. The van der Waals surface area contributed by atoms with Gasteiger partial charge in [-0.05, 0) is 0 Å². The zero-order chi connectivity index (χ0) is 7.82. The first-order valence-corrected chi connectivity index (χ1v) is 2.75. The first-order valence-electron chi connectivity index (χ1n) is 2.75. The summed E-state index contributed by atoms with van der Waals surface area (Å²) in [5.41, 5.74) is 0. The van der Waals surface area contributed by atoms with Gasteiger partial charge in [0.05, 0.1) is 0 Å². The van der Waals surface area contributed by atoms with Gasteiger partial charge < -0.3 is 17.2 Å². The standard InChI is InChI=1S/C6H4.C2H4O2.2Cu/c1-2-4-6-5-3-1;1-2(3)4;;/h1-2,5-6H;1H3,(H,3,4);;/q-2;;2*+1. The molecular formula is C8H8Cu2O2. The van der Waals surface area contributed by atoms with Crippen molar-refractivity contribution in [2.45, 2.75) is 6.92 Å². The van der Waals surface area contributed by atoms with E-state index >= 15 is 0 Å². The van der Waals surface area contributed by atoms with E-state index in [1.54, 1.807) is 0 Å². The molecule has 1 aromatic carbocycles. The van der Waals surface area contributed by atoms with Gasteiger partial charge in [0.15, 0.2) is 0 Å². The molecule has 0 unspecified atom stereocenters. The fourth-order valence-corrected chi connectivity index (χ4v) is 0.304. The van der Waals surface area contributed by atoms with Crippen LogP contribution in [0, 0.1) is 12.1 Å². The van der Waals surface area contributed by atoms with Crippen LogP contribution in [0.2, 0.25) is 0 Å². The molecule has 2 nitrogen and oxygen atoms in total. The Labute approximate surface area is 93.3 Å². The molecule has 0 saturated carbocycles. The van der Waals surface area contributed by atoms with E-state index in [4.69, 9.17) is 9.90 Å². The average molecular weight is 263 g/mol. The van der Waals surface area contributed by atoms with Crippen LogP contribution in [0.15, 0.2) is 24.3 Å². The molecule has 12 heavy (non-hydrogen) atoms. The van der Waals surface area contributed by atoms with Gasteiger partial charge in [0.1, 0.15) is 0 Å². The van der Waals surface area contributed by atoms with Gasteiger partial charge in [-0.2, -0.15) is 0 Å². The Kier molecular flexibility index (Phi) is 19.7. The second kappa shape index (κ2) is 13.3. The topological polar surface area (TPSA) is 37.3 Å². The summed E-state index contributed by atoms with van der Waals surface area (Å²) in [4.78, 5) is 9.00. The number of benzene rings is 1. The summed E-state index contributed by atoms with van der Waals surface area (Å²) in [6, 6.07) is 13.0. The van der Waals surface area contributed by atoms with Crippen LogP contribution in [0.4, 0.5) is 0 Å². The Bertz CT molecular complexity index is 147. The van der Waals surface area contributed by atoms with E-state index in [9.17, 15) is 0 Å². The summed E-state index contributed by atoms with van der Waals surface area (Å²) >= 11 is 0. The molecule has 0 heterocycles. The van der Waals surface area contributed by atoms with Gasteiger partial charge in [-0.25, -0.2) is 0 Å². The molecule has 0 amide bonds. The molecule has 0 aliphatic carbocycles. The summed E-state index contributed by atoms with van der Waals surface area (Å²) in [6.45, 7) is 1.08. The van der Waals surface area contributed by atoms with Crippen LogP contribution in [-0.4, -0.2) is 11.1 Å². The molecule has 0 aliphatic heterocycles. The first kappa shape index (κ1) is 17.7. The maximum absolute atomic E-state index is 9.00. The minimum absolute atomic E-state index is 0. The van der Waals surface area contributed by atoms with Crippen molar-refractivity contribution in [3.8, 4) is 0 Å². The molecule has 0 aromatic heterocycles. The summed E-state index contributed by atoms with van der Waals surface area (Å²) < 4.78 is 0. The van der Waals surface area contributed by atoms with Gasteiger partial charge in [0.2, 0.25) is 0 Å². The Morgan fingerprint density at radius 1 is 1.08 bits per heavy atom. The quantitative estimate of drug-likeness (QED) is 0.567. The third-order valence-corrected chi connectivity index (χ3v) is 0.552. The van der Waals surface area contributed by atoms with Gasteiger partial charge >= 0.3 is 34.1 Å². The monoisotopic (exact) mass is 262 g/mol. The number of carbonyl (C=O) groups is 1. The molecule has 0 radical (unpaired) electrons. The van der Waals surface area contributed by atoms with E-state index in [0.29, 0.717) is 0 Å². The van der Waals surface area contributed by atoms with Gasteiger partial charge in [-0.15, -0.1) is 0 Å². The van der Waals surface area contributed by atoms with Crippen molar-refractivity contribution in [3.05, 3.63) is 36.4 Å². The van der Waals surface area contributed by atoms with Crippen molar-refractivity contribution in [2.75, 3.05) is 0 Å². The number of aliphatic carboxylic acids is 1. The van der Waals surface area contributed by atoms with Gasteiger partial charge in [-0.3, -0.25) is 29.1 Å². The van der Waals surface area contributed by atoms with E-state index in [2.05, 4.69) is 12.1 Å². The first-order chi connectivity index (χ1) is 4.73. The van der Waals surface area contributed by atoms with Gasteiger partial charge in [0.25, 0.3) is 5.97 Å². The maximum Gasteiger partial charge on any atom is 1.00 e. The van der Waals surface area contributed by atoms with Crippen molar-refractivity contribution < 1.29 is 44.0 Å². The van der Waals surface area contributed by atoms with E-state index in [1.165, 1.54) is 0 Å². The predicted octanol–water partition coefficient (Wildman–Crippen LogP) is 1.37. The molecule has 1 aromatic rings. The molecule has 0 atom stereocenters. The van der Waals surface area contributed by atoms with Crippen molar-refractivity contribution in [1.29, 1.82) is 0 Å². The number of hydrogen-bond donors (Lipinski definition) is 1. The van der Waals surface area contributed by atoms with E-state index in [-0.39, 0.29) is 34.1 Å². The molecule has 74 valence electrons. The predicted molar refractivity (Wildman–Crippen MR) is 37.4 cm³/mol. The zero-order valence-electron chi connectivity index (χ0n) is 6.27. The molecule has 0 aliphatic rings. The number of rotatable bonds is 0. The SMILES string of the molecule is CC(=O)O.[Cu+].[Cu+].[c-]1cc[c-]cc1. The number of hydrogen-bond acceptors (Lipinski definition) is 1. The van der Waals surface area contributed by atoms with Crippen molar-refractivity contribution >= 4 is 5.97 Å². The largest absolute Gasteiger partial charge is 1.00 e.